The Labute approximate surface area is 157 Å². The molecule has 0 radical (unpaired) electrons. The number of benzene rings is 1. The molecule has 1 aliphatic rings. The van der Waals surface area contributed by atoms with Crippen molar-refractivity contribution in [2.45, 2.75) is 52.6 Å². The topological polar surface area (TPSA) is 84.7 Å². The van der Waals surface area contributed by atoms with E-state index in [0.29, 0.717) is 25.1 Å². The highest BCUT2D eigenvalue weighted by molar-refractivity contribution is 5.99. The minimum Gasteiger partial charge on any atom is -0.358 e. The number of rotatable bonds is 5. The summed E-state index contributed by atoms with van der Waals surface area (Å²) in [5.41, 5.74) is 3.96. The van der Waals surface area contributed by atoms with Gasteiger partial charge in [0, 0.05) is 48.2 Å². The quantitative estimate of drug-likeness (QED) is 0.679. The van der Waals surface area contributed by atoms with Gasteiger partial charge in [0.2, 0.25) is 0 Å². The number of nitrogens with one attached hydrogen (secondary N) is 2. The lowest BCUT2D eigenvalue weighted by Gasteiger charge is -2.09. The highest BCUT2D eigenvalue weighted by Crippen LogP contribution is 2.22. The molecule has 0 bridgehead atoms. The van der Waals surface area contributed by atoms with Crippen molar-refractivity contribution in [3.05, 3.63) is 51.3 Å². The number of H-pyrrole nitrogens is 1. The molecule has 0 saturated heterocycles. The Balaban J connectivity index is 1.35. The van der Waals surface area contributed by atoms with Crippen molar-refractivity contribution in [3.8, 4) is 0 Å². The van der Waals surface area contributed by atoms with Crippen LogP contribution in [-0.4, -0.2) is 31.8 Å². The fourth-order valence-corrected chi connectivity index (χ4v) is 3.73. The van der Waals surface area contributed by atoms with Crippen LogP contribution in [-0.2, 0) is 19.5 Å². The van der Waals surface area contributed by atoms with E-state index < -0.39 is 0 Å². The van der Waals surface area contributed by atoms with Crippen molar-refractivity contribution in [2.24, 2.45) is 0 Å². The molecule has 0 unspecified atom stereocenters. The summed E-state index contributed by atoms with van der Waals surface area (Å²) >= 11 is 0. The third kappa shape index (κ3) is 3.29. The van der Waals surface area contributed by atoms with E-state index in [-0.39, 0.29) is 11.6 Å². The molecule has 0 aliphatic carbocycles. The van der Waals surface area contributed by atoms with Crippen molar-refractivity contribution in [2.75, 3.05) is 6.54 Å². The van der Waals surface area contributed by atoms with Crippen molar-refractivity contribution in [3.63, 3.8) is 0 Å². The van der Waals surface area contributed by atoms with Gasteiger partial charge in [-0.2, -0.15) is 5.10 Å². The lowest BCUT2D eigenvalue weighted by Crippen LogP contribution is -2.29. The molecule has 3 heterocycles. The summed E-state index contributed by atoms with van der Waals surface area (Å²) in [5, 5.41) is 8.44. The second-order valence-electron chi connectivity index (χ2n) is 7.28. The number of carbonyl (C=O) groups is 1. The number of nitrogens with zero attached hydrogens (tertiary/aromatic N) is 3. The second-order valence-corrected chi connectivity index (χ2v) is 7.28. The van der Waals surface area contributed by atoms with Crippen LogP contribution in [0.2, 0.25) is 0 Å². The van der Waals surface area contributed by atoms with Gasteiger partial charge >= 0.3 is 5.69 Å². The molecular weight excluding hydrogens is 342 g/mol. The lowest BCUT2D eigenvalue weighted by molar-refractivity contribution is 0.0952. The predicted molar refractivity (Wildman–Crippen MR) is 104 cm³/mol. The smallest absolute Gasteiger partial charge is 0.345 e. The summed E-state index contributed by atoms with van der Waals surface area (Å²) in [6.45, 7) is 5.89. The van der Waals surface area contributed by atoms with Gasteiger partial charge in [-0.25, -0.2) is 9.48 Å². The van der Waals surface area contributed by atoms with Gasteiger partial charge in [0.1, 0.15) is 5.82 Å². The summed E-state index contributed by atoms with van der Waals surface area (Å²) in [5.74, 6) is 0.799. The number of aromatic nitrogens is 4. The van der Waals surface area contributed by atoms with Gasteiger partial charge in [-0.05, 0) is 56.9 Å². The molecule has 0 spiro atoms. The van der Waals surface area contributed by atoms with Gasteiger partial charge in [0.15, 0.2) is 0 Å². The largest absolute Gasteiger partial charge is 0.358 e. The zero-order valence-electron chi connectivity index (χ0n) is 15.8. The van der Waals surface area contributed by atoms with E-state index in [9.17, 15) is 9.59 Å². The SMILES string of the molecule is Cc1[nH]c2ccc(C(=O)NCCCn3nc4n(c3=O)CCCC4)cc2c1C. The van der Waals surface area contributed by atoms with Crippen LogP contribution >= 0.6 is 0 Å². The molecule has 0 fully saturated rings. The number of amides is 1. The van der Waals surface area contributed by atoms with Crippen molar-refractivity contribution in [1.29, 1.82) is 0 Å². The molecule has 0 saturated carbocycles. The number of hydrogen-bond acceptors (Lipinski definition) is 3. The minimum atomic E-state index is -0.0911. The van der Waals surface area contributed by atoms with Crippen LogP contribution in [0.3, 0.4) is 0 Å². The molecule has 4 rings (SSSR count). The van der Waals surface area contributed by atoms with Crippen LogP contribution in [0.15, 0.2) is 23.0 Å². The maximum Gasteiger partial charge on any atom is 0.345 e. The van der Waals surface area contributed by atoms with Gasteiger partial charge in [-0.1, -0.05) is 0 Å². The van der Waals surface area contributed by atoms with E-state index in [1.165, 1.54) is 10.2 Å². The maximum atomic E-state index is 12.4. The minimum absolute atomic E-state index is 0.0280. The first kappa shape index (κ1) is 17.6. The molecule has 27 heavy (non-hydrogen) atoms. The maximum absolute atomic E-state index is 12.4. The van der Waals surface area contributed by atoms with Crippen LogP contribution < -0.4 is 11.0 Å². The van der Waals surface area contributed by atoms with Gasteiger partial charge in [-0.3, -0.25) is 9.36 Å². The van der Waals surface area contributed by atoms with Gasteiger partial charge in [-0.15, -0.1) is 0 Å². The van der Waals surface area contributed by atoms with Crippen molar-refractivity contribution in [1.82, 2.24) is 24.6 Å². The molecule has 1 amide bonds. The molecule has 1 aliphatic heterocycles. The van der Waals surface area contributed by atoms with E-state index in [0.717, 1.165) is 48.2 Å². The van der Waals surface area contributed by atoms with Gasteiger partial charge in [0.05, 0.1) is 0 Å². The molecule has 2 aromatic heterocycles. The summed E-state index contributed by atoms with van der Waals surface area (Å²) < 4.78 is 3.31. The Morgan fingerprint density at radius 3 is 2.96 bits per heavy atom. The van der Waals surface area contributed by atoms with E-state index >= 15 is 0 Å². The fourth-order valence-electron chi connectivity index (χ4n) is 3.73. The lowest BCUT2D eigenvalue weighted by atomic mass is 10.1. The van der Waals surface area contributed by atoms with E-state index in [2.05, 4.69) is 22.3 Å². The highest BCUT2D eigenvalue weighted by Gasteiger charge is 2.16. The molecule has 2 N–H and O–H groups in total. The van der Waals surface area contributed by atoms with Gasteiger partial charge < -0.3 is 10.3 Å². The zero-order chi connectivity index (χ0) is 19.0. The van der Waals surface area contributed by atoms with E-state index in [1.54, 1.807) is 4.57 Å². The average molecular weight is 367 g/mol. The van der Waals surface area contributed by atoms with E-state index in [1.807, 2.05) is 25.1 Å². The number of aryl methyl sites for hydroxylation is 4. The monoisotopic (exact) mass is 367 g/mol. The first-order valence-corrected chi connectivity index (χ1v) is 9.58. The summed E-state index contributed by atoms with van der Waals surface area (Å²) in [4.78, 5) is 28.0. The average Bonchev–Trinajstić information content (AvgIpc) is 3.15. The van der Waals surface area contributed by atoms with E-state index in [4.69, 9.17) is 0 Å². The molecule has 3 aromatic rings. The predicted octanol–water partition coefficient (Wildman–Crippen LogP) is 2.30. The van der Waals surface area contributed by atoms with Crippen molar-refractivity contribution >= 4 is 16.8 Å². The van der Waals surface area contributed by atoms with Crippen LogP contribution in [0, 0.1) is 13.8 Å². The normalized spacial score (nSPS) is 13.7. The number of carbonyl (C=O) groups excluding carboxylic acids is 1. The third-order valence-corrected chi connectivity index (χ3v) is 5.43. The number of aromatic amines is 1. The molecule has 142 valence electrons. The second kappa shape index (κ2) is 7.06. The summed E-state index contributed by atoms with van der Waals surface area (Å²) in [6.07, 6.45) is 3.68. The third-order valence-electron chi connectivity index (χ3n) is 5.43. The first-order chi connectivity index (χ1) is 13.0. The summed E-state index contributed by atoms with van der Waals surface area (Å²) in [7, 11) is 0. The highest BCUT2D eigenvalue weighted by atomic mass is 16.2. The first-order valence-electron chi connectivity index (χ1n) is 9.58. The summed E-state index contributed by atoms with van der Waals surface area (Å²) in [6, 6.07) is 5.71. The standard InChI is InChI=1S/C20H25N5O2/c1-13-14(2)22-17-8-7-15(12-16(13)17)19(26)21-9-5-11-25-20(27)24-10-4-3-6-18(24)23-25/h7-8,12,22H,3-6,9-11H2,1-2H3,(H,21,26). The fraction of sp³-hybridized carbons (Fsp3) is 0.450. The molecular formula is C20H25N5O2. The zero-order valence-corrected chi connectivity index (χ0v) is 15.8. The Hall–Kier alpha value is -2.83. The molecule has 7 heteroatoms. The van der Waals surface area contributed by atoms with Crippen LogP contribution in [0.5, 0.6) is 0 Å². The number of hydrogen-bond donors (Lipinski definition) is 2. The van der Waals surface area contributed by atoms with Gasteiger partial charge in [0.25, 0.3) is 5.91 Å². The Morgan fingerprint density at radius 1 is 1.30 bits per heavy atom. The Bertz CT molecular complexity index is 1060. The molecule has 7 nitrogen and oxygen atoms in total. The van der Waals surface area contributed by atoms with Crippen LogP contribution in [0.1, 0.15) is 46.7 Å². The number of fused-ring (bicyclic) bond motifs is 2. The molecule has 0 atom stereocenters. The van der Waals surface area contributed by atoms with Crippen molar-refractivity contribution < 1.29 is 4.79 Å². The van der Waals surface area contributed by atoms with Crippen LogP contribution in [0.25, 0.3) is 10.9 Å². The Kier molecular flexibility index (Phi) is 4.59. The van der Waals surface area contributed by atoms with Crippen LogP contribution in [0.4, 0.5) is 0 Å². The molecule has 1 aromatic carbocycles. The Morgan fingerprint density at radius 2 is 2.15 bits per heavy atom.